The van der Waals surface area contributed by atoms with Crippen molar-refractivity contribution in [2.24, 2.45) is 18.7 Å². The fourth-order valence-electron chi connectivity index (χ4n) is 3.10. The Balaban J connectivity index is 2.10. The van der Waals surface area contributed by atoms with E-state index >= 15 is 0 Å². The Kier molecular flexibility index (Phi) is 3.08. The summed E-state index contributed by atoms with van der Waals surface area (Å²) in [6, 6.07) is 8.32. The molecule has 3 rings (SSSR count). The standard InChI is InChI=1S/C15H19ClN2/c1-18-14-7-3-6-13(16)11(14)8-15(18)12(9-17)10-4-2-5-10/h3,6-8,10,12H,2,4-5,9,17H2,1H3. The van der Waals surface area contributed by atoms with Gasteiger partial charge in [-0.25, -0.2) is 0 Å². The molecule has 0 saturated heterocycles. The summed E-state index contributed by atoms with van der Waals surface area (Å²) in [6.45, 7) is 0.729. The van der Waals surface area contributed by atoms with Crippen LogP contribution in [0.5, 0.6) is 0 Å². The molecule has 1 heterocycles. The second kappa shape index (κ2) is 4.60. The first-order chi connectivity index (χ1) is 8.72. The van der Waals surface area contributed by atoms with Crippen molar-refractivity contribution in [3.63, 3.8) is 0 Å². The SMILES string of the molecule is Cn1c(C(CN)C2CCC2)cc2c(Cl)cccc21. The van der Waals surface area contributed by atoms with E-state index in [-0.39, 0.29) is 0 Å². The predicted molar refractivity (Wildman–Crippen MR) is 77.1 cm³/mol. The van der Waals surface area contributed by atoms with E-state index in [0.717, 1.165) is 22.9 Å². The van der Waals surface area contributed by atoms with Crippen LogP contribution in [0.3, 0.4) is 0 Å². The average molecular weight is 263 g/mol. The van der Waals surface area contributed by atoms with Crippen LogP contribution in [0.25, 0.3) is 10.9 Å². The highest BCUT2D eigenvalue weighted by molar-refractivity contribution is 6.35. The lowest BCUT2D eigenvalue weighted by atomic mass is 9.74. The Labute approximate surface area is 113 Å². The molecule has 0 aliphatic heterocycles. The molecule has 1 aliphatic rings. The van der Waals surface area contributed by atoms with E-state index in [4.69, 9.17) is 17.3 Å². The van der Waals surface area contributed by atoms with E-state index < -0.39 is 0 Å². The fraction of sp³-hybridized carbons (Fsp3) is 0.467. The monoisotopic (exact) mass is 262 g/mol. The van der Waals surface area contributed by atoms with Crippen molar-refractivity contribution < 1.29 is 0 Å². The highest BCUT2D eigenvalue weighted by atomic mass is 35.5. The lowest BCUT2D eigenvalue weighted by molar-refractivity contribution is 0.258. The van der Waals surface area contributed by atoms with Crippen molar-refractivity contribution >= 4 is 22.5 Å². The van der Waals surface area contributed by atoms with E-state index in [2.05, 4.69) is 23.7 Å². The van der Waals surface area contributed by atoms with Crippen molar-refractivity contribution in [1.82, 2.24) is 4.57 Å². The first kappa shape index (κ1) is 12.1. The number of hydrogen-bond donors (Lipinski definition) is 1. The van der Waals surface area contributed by atoms with E-state index in [1.165, 1.54) is 30.5 Å². The maximum atomic E-state index is 6.27. The molecule has 0 amide bonds. The Morgan fingerprint density at radius 3 is 2.78 bits per heavy atom. The molecule has 96 valence electrons. The number of rotatable bonds is 3. The van der Waals surface area contributed by atoms with Crippen LogP contribution in [0.15, 0.2) is 24.3 Å². The predicted octanol–water partition coefficient (Wildman–Crippen LogP) is 3.67. The van der Waals surface area contributed by atoms with Crippen LogP contribution < -0.4 is 5.73 Å². The lowest BCUT2D eigenvalue weighted by Gasteiger charge is -2.33. The van der Waals surface area contributed by atoms with E-state index in [1.807, 2.05) is 12.1 Å². The Morgan fingerprint density at radius 1 is 1.44 bits per heavy atom. The fourth-order valence-corrected chi connectivity index (χ4v) is 3.32. The van der Waals surface area contributed by atoms with Gasteiger partial charge in [0, 0.05) is 41.1 Å². The average Bonchev–Trinajstić information content (AvgIpc) is 2.63. The maximum Gasteiger partial charge on any atom is 0.0499 e. The molecule has 1 aromatic heterocycles. The van der Waals surface area contributed by atoms with Gasteiger partial charge in [-0.2, -0.15) is 0 Å². The van der Waals surface area contributed by atoms with Crippen LogP contribution in [-0.4, -0.2) is 11.1 Å². The van der Waals surface area contributed by atoms with E-state index in [1.54, 1.807) is 0 Å². The number of fused-ring (bicyclic) bond motifs is 1. The van der Waals surface area contributed by atoms with Gasteiger partial charge < -0.3 is 10.3 Å². The molecular weight excluding hydrogens is 244 g/mol. The number of nitrogens with two attached hydrogens (primary N) is 1. The molecular formula is C15H19ClN2. The Hall–Kier alpha value is -0.990. The van der Waals surface area contributed by atoms with E-state index in [9.17, 15) is 0 Å². The summed E-state index contributed by atoms with van der Waals surface area (Å²) < 4.78 is 2.26. The van der Waals surface area contributed by atoms with Gasteiger partial charge in [-0.05, 0) is 37.0 Å². The van der Waals surface area contributed by atoms with Crippen molar-refractivity contribution in [3.8, 4) is 0 Å². The second-order valence-corrected chi connectivity index (χ2v) is 5.74. The summed E-state index contributed by atoms with van der Waals surface area (Å²) in [5, 5.41) is 1.98. The van der Waals surface area contributed by atoms with Gasteiger partial charge in [-0.3, -0.25) is 0 Å². The number of aromatic nitrogens is 1. The van der Waals surface area contributed by atoms with Crippen LogP contribution in [0.2, 0.25) is 5.02 Å². The first-order valence-electron chi connectivity index (χ1n) is 6.66. The van der Waals surface area contributed by atoms with Gasteiger partial charge in [0.05, 0.1) is 0 Å². The topological polar surface area (TPSA) is 30.9 Å². The van der Waals surface area contributed by atoms with E-state index in [0.29, 0.717) is 5.92 Å². The van der Waals surface area contributed by atoms with Gasteiger partial charge >= 0.3 is 0 Å². The number of benzene rings is 1. The van der Waals surface area contributed by atoms with Gasteiger partial charge in [0.25, 0.3) is 0 Å². The van der Waals surface area contributed by atoms with Crippen molar-refractivity contribution in [2.75, 3.05) is 6.54 Å². The number of aryl methyl sites for hydroxylation is 1. The molecule has 1 aromatic carbocycles. The molecule has 2 nitrogen and oxygen atoms in total. The summed E-state index contributed by atoms with van der Waals surface area (Å²) in [4.78, 5) is 0. The largest absolute Gasteiger partial charge is 0.347 e. The number of halogens is 1. The molecule has 2 N–H and O–H groups in total. The molecule has 18 heavy (non-hydrogen) atoms. The summed E-state index contributed by atoms with van der Waals surface area (Å²) in [5.41, 5.74) is 8.54. The Morgan fingerprint density at radius 2 is 2.22 bits per heavy atom. The van der Waals surface area contributed by atoms with Crippen LogP contribution >= 0.6 is 11.6 Å². The third-order valence-corrected chi connectivity index (χ3v) is 4.75. The number of hydrogen-bond acceptors (Lipinski definition) is 1. The molecule has 1 atom stereocenters. The number of nitrogens with zero attached hydrogens (tertiary/aromatic N) is 1. The molecule has 2 aromatic rings. The minimum absolute atomic E-state index is 0.479. The van der Waals surface area contributed by atoms with Crippen LogP contribution in [-0.2, 0) is 7.05 Å². The van der Waals surface area contributed by atoms with Crippen LogP contribution in [0.1, 0.15) is 30.9 Å². The molecule has 0 spiro atoms. The third-order valence-electron chi connectivity index (χ3n) is 4.42. The minimum atomic E-state index is 0.479. The van der Waals surface area contributed by atoms with Gasteiger partial charge in [0.15, 0.2) is 0 Å². The van der Waals surface area contributed by atoms with Crippen LogP contribution in [0.4, 0.5) is 0 Å². The quantitative estimate of drug-likeness (QED) is 0.899. The maximum absolute atomic E-state index is 6.27. The molecule has 1 fully saturated rings. The lowest BCUT2D eigenvalue weighted by Crippen LogP contribution is -2.28. The molecule has 1 aliphatic carbocycles. The summed E-state index contributed by atoms with van der Waals surface area (Å²) >= 11 is 6.27. The van der Waals surface area contributed by atoms with Gasteiger partial charge in [-0.1, -0.05) is 24.1 Å². The first-order valence-corrected chi connectivity index (χ1v) is 7.04. The summed E-state index contributed by atoms with van der Waals surface area (Å²) in [7, 11) is 2.12. The van der Waals surface area contributed by atoms with Crippen molar-refractivity contribution in [2.45, 2.75) is 25.2 Å². The zero-order valence-electron chi connectivity index (χ0n) is 10.7. The van der Waals surface area contributed by atoms with Crippen molar-refractivity contribution in [3.05, 3.63) is 35.0 Å². The molecule has 1 saturated carbocycles. The third kappa shape index (κ3) is 1.75. The summed E-state index contributed by atoms with van der Waals surface area (Å²) in [5.74, 6) is 1.24. The molecule has 0 radical (unpaired) electrons. The Bertz CT molecular complexity index is 569. The zero-order chi connectivity index (χ0) is 12.7. The highest BCUT2D eigenvalue weighted by Gasteiger charge is 2.29. The van der Waals surface area contributed by atoms with Gasteiger partial charge in [-0.15, -0.1) is 0 Å². The minimum Gasteiger partial charge on any atom is -0.347 e. The van der Waals surface area contributed by atoms with Gasteiger partial charge in [0.1, 0.15) is 0 Å². The summed E-state index contributed by atoms with van der Waals surface area (Å²) in [6.07, 6.45) is 3.99. The highest BCUT2D eigenvalue weighted by Crippen LogP contribution is 2.40. The smallest absolute Gasteiger partial charge is 0.0499 e. The zero-order valence-corrected chi connectivity index (χ0v) is 11.5. The normalized spacial score (nSPS) is 17.9. The second-order valence-electron chi connectivity index (χ2n) is 5.33. The van der Waals surface area contributed by atoms with Crippen LogP contribution in [0, 0.1) is 5.92 Å². The molecule has 0 bridgehead atoms. The molecule has 3 heteroatoms. The van der Waals surface area contributed by atoms with Gasteiger partial charge in [0.2, 0.25) is 0 Å². The van der Waals surface area contributed by atoms with Crippen molar-refractivity contribution in [1.29, 1.82) is 0 Å². The molecule has 1 unspecified atom stereocenters.